The van der Waals surface area contributed by atoms with Crippen molar-refractivity contribution in [2.24, 2.45) is 0 Å². The van der Waals surface area contributed by atoms with E-state index in [0.29, 0.717) is 0 Å². The van der Waals surface area contributed by atoms with Gasteiger partial charge in [-0.1, -0.05) is 0 Å². The summed E-state index contributed by atoms with van der Waals surface area (Å²) in [4.78, 5) is 10.9. The number of carbonyl (C=O) groups excluding carboxylic acids is 1. The monoisotopic (exact) mass is 256 g/mol. The van der Waals surface area contributed by atoms with Gasteiger partial charge in [0, 0.05) is 13.1 Å². The van der Waals surface area contributed by atoms with Crippen LogP contribution in [-0.2, 0) is 14.9 Å². The number of amides is 1. The van der Waals surface area contributed by atoms with Gasteiger partial charge in [0.15, 0.2) is 0 Å². The van der Waals surface area contributed by atoms with Crippen molar-refractivity contribution in [2.45, 2.75) is 6.92 Å². The number of aliphatic hydroxyl groups is 2. The Morgan fingerprint density at radius 1 is 1.31 bits per heavy atom. The van der Waals surface area contributed by atoms with Crippen LogP contribution in [0.15, 0.2) is 0 Å². The largest absolute Gasteiger partial charge is 0.449 e. The summed E-state index contributed by atoms with van der Waals surface area (Å²) >= 11 is 0. The average Bonchev–Trinajstić information content (AvgIpc) is 2.17. The third-order valence-electron chi connectivity index (χ3n) is 1.53. The zero-order chi connectivity index (χ0) is 12.6. The predicted molar refractivity (Wildman–Crippen MR) is 54.8 cm³/mol. The Morgan fingerprint density at radius 2 is 1.81 bits per heavy atom. The third-order valence-corrected chi connectivity index (χ3v) is 3.00. The minimum Gasteiger partial charge on any atom is -0.449 e. The van der Waals surface area contributed by atoms with Crippen LogP contribution < -0.4 is 4.72 Å². The highest BCUT2D eigenvalue weighted by molar-refractivity contribution is 7.87. The molecule has 0 aromatic heterocycles. The van der Waals surface area contributed by atoms with Crippen molar-refractivity contribution in [1.29, 1.82) is 0 Å². The molecule has 0 atom stereocenters. The van der Waals surface area contributed by atoms with Crippen molar-refractivity contribution in [3.63, 3.8) is 0 Å². The highest BCUT2D eigenvalue weighted by Gasteiger charge is 2.23. The molecule has 0 aliphatic carbocycles. The number of rotatable bonds is 7. The molecule has 0 fully saturated rings. The van der Waals surface area contributed by atoms with E-state index in [4.69, 9.17) is 10.2 Å². The SMILES string of the molecule is CCOC(=O)NS(=O)(=O)N(CCO)CCO. The number of aliphatic hydroxyl groups excluding tert-OH is 2. The number of hydrogen-bond donors (Lipinski definition) is 3. The first-order chi connectivity index (χ1) is 7.47. The summed E-state index contributed by atoms with van der Waals surface area (Å²) < 4.78 is 29.8. The normalized spacial score (nSPS) is 11.5. The van der Waals surface area contributed by atoms with Crippen LogP contribution >= 0.6 is 0 Å². The molecule has 3 N–H and O–H groups in total. The maximum absolute atomic E-state index is 11.5. The van der Waals surface area contributed by atoms with Crippen LogP contribution in [0.25, 0.3) is 0 Å². The average molecular weight is 256 g/mol. The van der Waals surface area contributed by atoms with Crippen molar-refractivity contribution in [2.75, 3.05) is 32.9 Å². The molecule has 0 aliphatic heterocycles. The molecule has 1 amide bonds. The Morgan fingerprint density at radius 3 is 2.19 bits per heavy atom. The zero-order valence-corrected chi connectivity index (χ0v) is 9.73. The van der Waals surface area contributed by atoms with Crippen molar-refractivity contribution in [1.82, 2.24) is 9.03 Å². The number of nitrogens with one attached hydrogen (secondary N) is 1. The fourth-order valence-electron chi connectivity index (χ4n) is 0.906. The Labute approximate surface area is 94.0 Å². The molecule has 0 aliphatic rings. The van der Waals surface area contributed by atoms with Gasteiger partial charge in [-0.3, -0.25) is 0 Å². The fraction of sp³-hybridized carbons (Fsp3) is 0.857. The van der Waals surface area contributed by atoms with Crippen LogP contribution in [0.5, 0.6) is 0 Å². The number of ether oxygens (including phenoxy) is 1. The summed E-state index contributed by atoms with van der Waals surface area (Å²) in [5.41, 5.74) is 0. The molecule has 0 bridgehead atoms. The lowest BCUT2D eigenvalue weighted by Gasteiger charge is -2.19. The molecule has 0 saturated heterocycles. The molecule has 0 radical (unpaired) electrons. The van der Waals surface area contributed by atoms with E-state index in [9.17, 15) is 13.2 Å². The van der Waals surface area contributed by atoms with Gasteiger partial charge in [-0.25, -0.2) is 9.52 Å². The van der Waals surface area contributed by atoms with E-state index in [2.05, 4.69) is 4.74 Å². The standard InChI is InChI=1S/C7H16N2O6S/c1-2-15-7(12)8-16(13,14)9(3-5-10)4-6-11/h10-11H,2-6H2,1H3,(H,8,12). The molecular weight excluding hydrogens is 240 g/mol. The van der Waals surface area contributed by atoms with Crippen molar-refractivity contribution in [3.05, 3.63) is 0 Å². The summed E-state index contributed by atoms with van der Waals surface area (Å²) in [6.07, 6.45) is -1.09. The van der Waals surface area contributed by atoms with E-state index in [1.807, 2.05) is 0 Å². The number of carbonyl (C=O) groups is 1. The molecule has 0 aromatic carbocycles. The lowest BCUT2D eigenvalue weighted by Crippen LogP contribution is -2.46. The highest BCUT2D eigenvalue weighted by atomic mass is 32.2. The molecule has 0 spiro atoms. The zero-order valence-electron chi connectivity index (χ0n) is 8.92. The van der Waals surface area contributed by atoms with Crippen LogP contribution in [0.2, 0.25) is 0 Å². The van der Waals surface area contributed by atoms with Crippen LogP contribution in [-0.4, -0.2) is 61.9 Å². The predicted octanol–water partition coefficient (Wildman–Crippen LogP) is -1.74. The van der Waals surface area contributed by atoms with Gasteiger partial charge in [-0.15, -0.1) is 0 Å². The second kappa shape index (κ2) is 7.39. The fourth-order valence-corrected chi connectivity index (χ4v) is 1.95. The minimum atomic E-state index is -4.08. The molecule has 0 rings (SSSR count). The summed E-state index contributed by atoms with van der Waals surface area (Å²) in [6, 6.07) is 0. The van der Waals surface area contributed by atoms with Crippen molar-refractivity contribution >= 4 is 16.3 Å². The first-order valence-corrected chi connectivity index (χ1v) is 6.08. The van der Waals surface area contributed by atoms with Gasteiger partial charge >= 0.3 is 16.3 Å². The smallest absolute Gasteiger partial charge is 0.421 e. The van der Waals surface area contributed by atoms with E-state index in [0.717, 1.165) is 4.31 Å². The van der Waals surface area contributed by atoms with E-state index in [-0.39, 0.29) is 19.7 Å². The van der Waals surface area contributed by atoms with Gasteiger partial charge in [0.2, 0.25) is 0 Å². The van der Waals surface area contributed by atoms with E-state index in [1.165, 1.54) is 6.92 Å². The van der Waals surface area contributed by atoms with Gasteiger partial charge in [0.05, 0.1) is 19.8 Å². The minimum absolute atomic E-state index is 0.0430. The second-order valence-corrected chi connectivity index (χ2v) is 4.34. The Hall–Kier alpha value is -0.900. The number of hydrogen-bond acceptors (Lipinski definition) is 6. The maximum atomic E-state index is 11.5. The maximum Gasteiger partial charge on any atom is 0.421 e. The molecule has 16 heavy (non-hydrogen) atoms. The molecule has 0 heterocycles. The topological polar surface area (TPSA) is 116 Å². The van der Waals surface area contributed by atoms with Crippen LogP contribution in [0.1, 0.15) is 6.92 Å². The van der Waals surface area contributed by atoms with Crippen LogP contribution in [0, 0.1) is 0 Å². The molecule has 0 saturated carbocycles. The molecule has 9 heteroatoms. The van der Waals surface area contributed by atoms with E-state index >= 15 is 0 Å². The Balaban J connectivity index is 4.52. The summed E-state index contributed by atoms with van der Waals surface area (Å²) in [5, 5.41) is 17.3. The lowest BCUT2D eigenvalue weighted by atomic mass is 10.6. The Kier molecular flexibility index (Phi) is 6.97. The first kappa shape index (κ1) is 15.1. The van der Waals surface area contributed by atoms with Crippen molar-refractivity contribution in [3.8, 4) is 0 Å². The van der Waals surface area contributed by atoms with Gasteiger partial charge < -0.3 is 14.9 Å². The molecule has 8 nitrogen and oxygen atoms in total. The van der Waals surface area contributed by atoms with E-state index in [1.54, 1.807) is 4.72 Å². The quantitative estimate of drug-likeness (QED) is 0.498. The van der Waals surface area contributed by atoms with Gasteiger partial charge in [0.25, 0.3) is 0 Å². The Bertz CT molecular complexity index is 298. The van der Waals surface area contributed by atoms with Gasteiger partial charge in [-0.05, 0) is 6.92 Å². The number of nitrogens with zero attached hydrogens (tertiary/aromatic N) is 1. The second-order valence-electron chi connectivity index (χ2n) is 2.67. The van der Waals surface area contributed by atoms with Crippen LogP contribution in [0.4, 0.5) is 4.79 Å². The molecule has 0 unspecified atom stereocenters. The van der Waals surface area contributed by atoms with E-state index < -0.39 is 29.5 Å². The summed E-state index contributed by atoms with van der Waals surface area (Å²) in [5.74, 6) is 0. The lowest BCUT2D eigenvalue weighted by molar-refractivity contribution is 0.157. The van der Waals surface area contributed by atoms with Crippen LogP contribution in [0.3, 0.4) is 0 Å². The molecular formula is C7H16N2O6S. The third kappa shape index (κ3) is 5.26. The van der Waals surface area contributed by atoms with Gasteiger partial charge in [0.1, 0.15) is 0 Å². The summed E-state index contributed by atoms with van der Waals surface area (Å²) in [6.45, 7) is 0.324. The first-order valence-electron chi connectivity index (χ1n) is 4.64. The molecule has 0 aromatic rings. The summed E-state index contributed by atoms with van der Waals surface area (Å²) in [7, 11) is -4.08. The van der Waals surface area contributed by atoms with Gasteiger partial charge in [-0.2, -0.15) is 12.7 Å². The highest BCUT2D eigenvalue weighted by Crippen LogP contribution is 1.97. The molecule has 96 valence electrons. The van der Waals surface area contributed by atoms with Crippen molar-refractivity contribution < 1.29 is 28.2 Å².